The summed E-state index contributed by atoms with van der Waals surface area (Å²) < 4.78 is 32.1. The van der Waals surface area contributed by atoms with Gasteiger partial charge in [-0.15, -0.1) is 0 Å². The summed E-state index contributed by atoms with van der Waals surface area (Å²) in [6.45, 7) is 2.38. The van der Waals surface area contributed by atoms with Gasteiger partial charge in [0.2, 0.25) is 10.0 Å². The molecule has 0 saturated carbocycles. The molecule has 7 heteroatoms. The molecule has 0 aliphatic heterocycles. The van der Waals surface area contributed by atoms with Crippen molar-refractivity contribution >= 4 is 31.6 Å². The quantitative estimate of drug-likeness (QED) is 0.861. The van der Waals surface area contributed by atoms with E-state index in [2.05, 4.69) is 26.0 Å². The number of aryl methyl sites for hydroxylation is 1. The van der Waals surface area contributed by atoms with Crippen LogP contribution in [-0.2, 0) is 16.6 Å². The minimum Gasteiger partial charge on any atom is -0.466 e. The Morgan fingerprint density at radius 2 is 2.05 bits per heavy atom. The van der Waals surface area contributed by atoms with Gasteiger partial charge in [0.25, 0.3) is 0 Å². The maximum absolute atomic E-state index is 11.8. The molecule has 0 radical (unpaired) electrons. The molecule has 0 atom stereocenters. The molecule has 0 aliphatic rings. The number of rotatable bonds is 5. The summed E-state index contributed by atoms with van der Waals surface area (Å²) in [6, 6.07) is 6.77. The fraction of sp³-hybridized carbons (Fsp3) is 0.231. The van der Waals surface area contributed by atoms with E-state index in [1.807, 2.05) is 13.0 Å². The Morgan fingerprint density at radius 1 is 1.30 bits per heavy atom. The molecule has 0 amide bonds. The first kappa shape index (κ1) is 15.1. The molecule has 1 heterocycles. The Labute approximate surface area is 126 Å². The molecular formula is C13H15BrN2O3S. The first-order chi connectivity index (χ1) is 9.44. The number of furan rings is 1. The van der Waals surface area contributed by atoms with Crippen LogP contribution in [0.25, 0.3) is 0 Å². The van der Waals surface area contributed by atoms with Crippen LogP contribution in [0.2, 0.25) is 0 Å². The maximum atomic E-state index is 11.8. The van der Waals surface area contributed by atoms with Crippen LogP contribution in [0.15, 0.2) is 44.3 Å². The molecule has 20 heavy (non-hydrogen) atoms. The highest BCUT2D eigenvalue weighted by atomic mass is 79.9. The van der Waals surface area contributed by atoms with E-state index in [1.54, 1.807) is 24.5 Å². The molecule has 1 aromatic heterocycles. The number of benzene rings is 1. The summed E-state index contributed by atoms with van der Waals surface area (Å²) in [6.07, 6.45) is 1.59. The van der Waals surface area contributed by atoms with Crippen LogP contribution >= 0.6 is 15.9 Å². The van der Waals surface area contributed by atoms with Gasteiger partial charge in [0.15, 0.2) is 0 Å². The second-order valence-electron chi connectivity index (χ2n) is 4.23. The second-order valence-corrected chi connectivity index (χ2v) is 6.97. The van der Waals surface area contributed by atoms with Gasteiger partial charge in [0.05, 0.1) is 22.2 Å². The van der Waals surface area contributed by atoms with Crippen molar-refractivity contribution in [1.29, 1.82) is 0 Å². The summed E-state index contributed by atoms with van der Waals surface area (Å²) in [5.74, 6) is 0.756. The third kappa shape index (κ3) is 3.23. The highest BCUT2D eigenvalue weighted by Crippen LogP contribution is 2.23. The van der Waals surface area contributed by atoms with E-state index < -0.39 is 10.0 Å². The van der Waals surface area contributed by atoms with Crippen LogP contribution in [0, 0.1) is 6.92 Å². The summed E-state index contributed by atoms with van der Waals surface area (Å²) in [5.41, 5.74) is 1.72. The molecule has 0 fully saturated rings. The highest BCUT2D eigenvalue weighted by Gasteiger charge is 2.13. The molecule has 5 nitrogen and oxygen atoms in total. The van der Waals surface area contributed by atoms with Crippen LogP contribution in [-0.4, -0.2) is 15.5 Å². The van der Waals surface area contributed by atoms with E-state index in [4.69, 9.17) is 4.42 Å². The van der Waals surface area contributed by atoms with E-state index in [9.17, 15) is 8.42 Å². The monoisotopic (exact) mass is 358 g/mol. The number of hydrogen-bond acceptors (Lipinski definition) is 4. The third-order valence-electron chi connectivity index (χ3n) is 2.92. The van der Waals surface area contributed by atoms with Crippen molar-refractivity contribution in [2.75, 3.05) is 12.4 Å². The Bertz CT molecular complexity index is 710. The highest BCUT2D eigenvalue weighted by molar-refractivity contribution is 9.10. The van der Waals surface area contributed by atoms with Gasteiger partial charge in [-0.3, -0.25) is 0 Å². The van der Waals surface area contributed by atoms with E-state index in [0.717, 1.165) is 21.5 Å². The molecule has 0 unspecified atom stereocenters. The van der Waals surface area contributed by atoms with E-state index in [-0.39, 0.29) is 4.90 Å². The maximum Gasteiger partial charge on any atom is 0.240 e. The number of hydrogen-bond donors (Lipinski definition) is 2. The van der Waals surface area contributed by atoms with Crippen molar-refractivity contribution in [3.05, 3.63) is 46.3 Å². The predicted molar refractivity (Wildman–Crippen MR) is 81.2 cm³/mol. The number of halogens is 1. The van der Waals surface area contributed by atoms with Gasteiger partial charge < -0.3 is 9.73 Å². The van der Waals surface area contributed by atoms with Crippen molar-refractivity contribution in [2.45, 2.75) is 18.4 Å². The summed E-state index contributed by atoms with van der Waals surface area (Å²) in [7, 11) is -2.05. The zero-order valence-electron chi connectivity index (χ0n) is 11.1. The second kappa shape index (κ2) is 5.99. The lowest BCUT2D eigenvalue weighted by molar-refractivity contribution is 0.516. The molecule has 0 saturated heterocycles. The van der Waals surface area contributed by atoms with Crippen LogP contribution in [0.3, 0.4) is 0 Å². The van der Waals surface area contributed by atoms with Crippen molar-refractivity contribution < 1.29 is 12.8 Å². The average Bonchev–Trinajstić information content (AvgIpc) is 2.83. The van der Waals surface area contributed by atoms with Gasteiger partial charge in [-0.1, -0.05) is 6.07 Å². The van der Waals surface area contributed by atoms with E-state index in [1.165, 1.54) is 7.05 Å². The summed E-state index contributed by atoms with van der Waals surface area (Å²) in [5, 5.41) is 3.18. The average molecular weight is 359 g/mol. The van der Waals surface area contributed by atoms with Crippen molar-refractivity contribution in [2.24, 2.45) is 0 Å². The van der Waals surface area contributed by atoms with Crippen LogP contribution in [0.1, 0.15) is 11.3 Å². The smallest absolute Gasteiger partial charge is 0.240 e. The molecular weight excluding hydrogens is 344 g/mol. The van der Waals surface area contributed by atoms with Crippen LogP contribution < -0.4 is 10.0 Å². The van der Waals surface area contributed by atoms with Gasteiger partial charge in [0, 0.05) is 5.69 Å². The first-order valence-electron chi connectivity index (χ1n) is 5.94. The van der Waals surface area contributed by atoms with Gasteiger partial charge in [-0.25, -0.2) is 13.1 Å². The lowest BCUT2D eigenvalue weighted by Crippen LogP contribution is -2.18. The topological polar surface area (TPSA) is 71.3 Å². The van der Waals surface area contributed by atoms with Crippen LogP contribution in [0.5, 0.6) is 0 Å². The molecule has 108 valence electrons. The summed E-state index contributed by atoms with van der Waals surface area (Å²) >= 11 is 3.38. The van der Waals surface area contributed by atoms with Crippen molar-refractivity contribution in [1.82, 2.24) is 4.72 Å². The number of sulfonamides is 1. The van der Waals surface area contributed by atoms with Gasteiger partial charge in [-0.05, 0) is 53.7 Å². The zero-order chi connectivity index (χ0) is 14.8. The van der Waals surface area contributed by atoms with Crippen molar-refractivity contribution in [3.63, 3.8) is 0 Å². The molecule has 0 bridgehead atoms. The predicted octanol–water partition coefficient (Wildman–Crippen LogP) is 2.87. The van der Waals surface area contributed by atoms with Gasteiger partial charge in [-0.2, -0.15) is 0 Å². The molecule has 2 N–H and O–H groups in total. The molecule has 2 aromatic rings. The van der Waals surface area contributed by atoms with Gasteiger partial charge >= 0.3 is 0 Å². The van der Waals surface area contributed by atoms with Gasteiger partial charge in [0.1, 0.15) is 5.76 Å². The Hall–Kier alpha value is -1.31. The standard InChI is InChI=1S/C13H15BrN2O3S/c1-9-3-4-10(20(17,18)15-2)7-12(9)16-8-13-11(14)5-6-19-13/h3-7,15-16H,8H2,1-2H3. The van der Waals surface area contributed by atoms with Crippen LogP contribution in [0.4, 0.5) is 5.69 Å². The minimum absolute atomic E-state index is 0.228. The van der Waals surface area contributed by atoms with E-state index in [0.29, 0.717) is 6.54 Å². The molecule has 0 spiro atoms. The molecule has 0 aliphatic carbocycles. The number of anilines is 1. The number of nitrogens with one attached hydrogen (secondary N) is 2. The fourth-order valence-electron chi connectivity index (χ4n) is 1.70. The SMILES string of the molecule is CNS(=O)(=O)c1ccc(C)c(NCc2occc2Br)c1. The Kier molecular flexibility index (Phi) is 4.52. The van der Waals surface area contributed by atoms with E-state index >= 15 is 0 Å². The lowest BCUT2D eigenvalue weighted by atomic mass is 10.2. The Morgan fingerprint density at radius 3 is 2.65 bits per heavy atom. The molecule has 2 rings (SSSR count). The molecule has 1 aromatic carbocycles. The first-order valence-corrected chi connectivity index (χ1v) is 8.21. The fourth-order valence-corrected chi connectivity index (χ4v) is 2.80. The van der Waals surface area contributed by atoms with Crippen molar-refractivity contribution in [3.8, 4) is 0 Å². The normalized spacial score (nSPS) is 11.6. The third-order valence-corrected chi connectivity index (χ3v) is 5.04. The summed E-state index contributed by atoms with van der Waals surface area (Å²) in [4.78, 5) is 0.228. The Balaban J connectivity index is 2.24. The zero-order valence-corrected chi connectivity index (χ0v) is 13.5. The lowest BCUT2D eigenvalue weighted by Gasteiger charge is -2.11. The largest absolute Gasteiger partial charge is 0.466 e. The minimum atomic E-state index is -3.44.